The van der Waals surface area contributed by atoms with Gasteiger partial charge in [0.15, 0.2) is 0 Å². The molecule has 0 amide bonds. The number of rotatable bonds is 3. The van der Waals surface area contributed by atoms with E-state index in [1.165, 1.54) is 22.3 Å². The molecule has 3 radical (unpaired) electrons. The SMILES string of the molecule is C1=CCC(c2ccccc2-c2ccccc2)=C1.CCO[Si]. The molecule has 1 nitrogen and oxygen atoms in total. The third-order valence-electron chi connectivity index (χ3n) is 3.27. The van der Waals surface area contributed by atoms with E-state index in [-0.39, 0.29) is 0 Å². The third kappa shape index (κ3) is 4.28. The van der Waals surface area contributed by atoms with Crippen LogP contribution in [0.3, 0.4) is 0 Å². The predicted molar refractivity (Wildman–Crippen MR) is 91.0 cm³/mol. The smallest absolute Gasteiger partial charge is 0.246 e. The maximum absolute atomic E-state index is 4.35. The van der Waals surface area contributed by atoms with E-state index in [0.29, 0.717) is 0 Å². The van der Waals surface area contributed by atoms with E-state index in [4.69, 9.17) is 0 Å². The van der Waals surface area contributed by atoms with Crippen LogP contribution in [0, 0.1) is 0 Å². The Morgan fingerprint density at radius 3 is 2.14 bits per heavy atom. The normalized spacial score (nSPS) is 12.6. The first-order valence-corrected chi connectivity index (χ1v) is 7.56. The van der Waals surface area contributed by atoms with E-state index in [0.717, 1.165) is 13.0 Å². The van der Waals surface area contributed by atoms with Crippen LogP contribution < -0.4 is 0 Å². The van der Waals surface area contributed by atoms with Gasteiger partial charge >= 0.3 is 0 Å². The highest BCUT2D eigenvalue weighted by Gasteiger charge is 2.09. The molecule has 0 spiro atoms. The van der Waals surface area contributed by atoms with E-state index in [1.807, 2.05) is 6.92 Å². The molecule has 0 saturated heterocycles. The first-order valence-electron chi connectivity index (χ1n) is 7.16. The Balaban J connectivity index is 0.000000361. The molecule has 2 aromatic rings. The molecular formula is C19H19OSi. The molecule has 0 unspecified atom stereocenters. The van der Waals surface area contributed by atoms with E-state index in [1.54, 1.807) is 0 Å². The van der Waals surface area contributed by atoms with Crippen molar-refractivity contribution in [2.45, 2.75) is 13.3 Å². The molecule has 105 valence electrons. The second-order valence-corrected chi connectivity index (χ2v) is 4.96. The van der Waals surface area contributed by atoms with Crippen molar-refractivity contribution in [1.29, 1.82) is 0 Å². The minimum Gasteiger partial charge on any atom is -0.419 e. The predicted octanol–water partition coefficient (Wildman–Crippen LogP) is 4.80. The van der Waals surface area contributed by atoms with Crippen LogP contribution in [-0.2, 0) is 4.43 Å². The zero-order valence-electron chi connectivity index (χ0n) is 12.3. The van der Waals surface area contributed by atoms with E-state index < -0.39 is 0 Å². The van der Waals surface area contributed by atoms with Crippen LogP contribution in [0.2, 0.25) is 0 Å². The molecule has 0 aromatic heterocycles. The van der Waals surface area contributed by atoms with Crippen molar-refractivity contribution in [3.63, 3.8) is 0 Å². The summed E-state index contributed by atoms with van der Waals surface area (Å²) >= 11 is 0. The van der Waals surface area contributed by atoms with Crippen molar-refractivity contribution in [2.24, 2.45) is 0 Å². The van der Waals surface area contributed by atoms with Gasteiger partial charge in [0, 0.05) is 6.61 Å². The topological polar surface area (TPSA) is 9.23 Å². The minimum atomic E-state index is 0.733. The molecular weight excluding hydrogens is 272 g/mol. The van der Waals surface area contributed by atoms with Crippen molar-refractivity contribution in [1.82, 2.24) is 0 Å². The Labute approximate surface area is 130 Å². The Hall–Kier alpha value is -1.90. The van der Waals surface area contributed by atoms with E-state index >= 15 is 0 Å². The van der Waals surface area contributed by atoms with Crippen molar-refractivity contribution in [3.8, 4) is 11.1 Å². The van der Waals surface area contributed by atoms with Gasteiger partial charge in [-0.3, -0.25) is 0 Å². The van der Waals surface area contributed by atoms with Crippen LogP contribution in [0.15, 0.2) is 72.8 Å². The summed E-state index contributed by atoms with van der Waals surface area (Å²) in [5.41, 5.74) is 5.37. The van der Waals surface area contributed by atoms with E-state index in [9.17, 15) is 0 Å². The minimum absolute atomic E-state index is 0.733. The molecule has 1 aliphatic rings. The lowest BCUT2D eigenvalue weighted by atomic mass is 9.94. The van der Waals surface area contributed by atoms with Gasteiger partial charge in [-0.05, 0) is 35.6 Å². The zero-order valence-corrected chi connectivity index (χ0v) is 13.3. The Bertz CT molecular complexity index is 612. The van der Waals surface area contributed by atoms with Crippen LogP contribution in [0.25, 0.3) is 16.7 Å². The van der Waals surface area contributed by atoms with Gasteiger partial charge in [0.2, 0.25) is 10.5 Å². The van der Waals surface area contributed by atoms with Crippen LogP contribution in [0.5, 0.6) is 0 Å². The molecule has 0 atom stereocenters. The van der Waals surface area contributed by atoms with Gasteiger partial charge in [-0.15, -0.1) is 0 Å². The van der Waals surface area contributed by atoms with Crippen molar-refractivity contribution < 1.29 is 4.43 Å². The highest BCUT2D eigenvalue weighted by molar-refractivity contribution is 5.97. The number of benzene rings is 2. The van der Waals surface area contributed by atoms with Crippen LogP contribution in [0.1, 0.15) is 18.9 Å². The number of hydrogen-bond donors (Lipinski definition) is 0. The Kier molecular flexibility index (Phi) is 6.19. The summed E-state index contributed by atoms with van der Waals surface area (Å²) in [7, 11) is 2.79. The monoisotopic (exact) mass is 291 g/mol. The van der Waals surface area contributed by atoms with Gasteiger partial charge in [-0.1, -0.05) is 72.8 Å². The maximum atomic E-state index is 4.35. The molecule has 0 N–H and O–H groups in total. The highest BCUT2D eigenvalue weighted by Crippen LogP contribution is 2.32. The van der Waals surface area contributed by atoms with Gasteiger partial charge < -0.3 is 4.43 Å². The largest absolute Gasteiger partial charge is 0.419 e. The van der Waals surface area contributed by atoms with Crippen LogP contribution in [0.4, 0.5) is 0 Å². The second-order valence-electron chi connectivity index (χ2n) is 4.67. The van der Waals surface area contributed by atoms with Gasteiger partial charge in [0.1, 0.15) is 0 Å². The molecule has 21 heavy (non-hydrogen) atoms. The summed E-state index contributed by atoms with van der Waals surface area (Å²) in [5, 5.41) is 0. The van der Waals surface area contributed by atoms with Gasteiger partial charge in [0.25, 0.3) is 0 Å². The lowest BCUT2D eigenvalue weighted by Crippen LogP contribution is -1.87. The summed E-state index contributed by atoms with van der Waals surface area (Å²) < 4.78 is 4.35. The van der Waals surface area contributed by atoms with Crippen LogP contribution in [-0.4, -0.2) is 17.1 Å². The molecule has 2 aromatic carbocycles. The lowest BCUT2D eigenvalue weighted by molar-refractivity contribution is 0.375. The standard InChI is InChI=1S/C17H14.C2H5OSi/c1-2-8-14(9-3-1)16-12-6-7-13-17(16)15-10-4-5-11-15;1-2-3-4/h1-10,12-13H,11H2;2H2,1H3. The van der Waals surface area contributed by atoms with Gasteiger partial charge in [-0.25, -0.2) is 0 Å². The molecule has 3 rings (SSSR count). The molecule has 0 saturated carbocycles. The molecule has 2 heteroatoms. The summed E-state index contributed by atoms with van der Waals surface area (Å²) in [6.07, 6.45) is 7.60. The second kappa shape index (κ2) is 8.40. The summed E-state index contributed by atoms with van der Waals surface area (Å²) in [4.78, 5) is 0. The lowest BCUT2D eigenvalue weighted by Gasteiger charge is -2.10. The molecule has 0 bridgehead atoms. The summed E-state index contributed by atoms with van der Waals surface area (Å²) in [6.45, 7) is 2.64. The number of allylic oxidation sites excluding steroid dienone is 4. The summed E-state index contributed by atoms with van der Waals surface area (Å²) in [5.74, 6) is 0. The highest BCUT2D eigenvalue weighted by atomic mass is 28.2. The van der Waals surface area contributed by atoms with Crippen molar-refractivity contribution >= 4 is 16.1 Å². The molecule has 0 heterocycles. The Morgan fingerprint density at radius 2 is 1.57 bits per heavy atom. The van der Waals surface area contributed by atoms with Gasteiger partial charge in [-0.2, -0.15) is 0 Å². The first kappa shape index (κ1) is 15.5. The molecule has 0 fully saturated rings. The maximum Gasteiger partial charge on any atom is 0.246 e. The van der Waals surface area contributed by atoms with Gasteiger partial charge in [0.05, 0.1) is 0 Å². The fraction of sp³-hybridized carbons (Fsp3) is 0.158. The average molecular weight is 291 g/mol. The quantitative estimate of drug-likeness (QED) is 0.738. The van der Waals surface area contributed by atoms with Crippen molar-refractivity contribution in [3.05, 3.63) is 78.4 Å². The van der Waals surface area contributed by atoms with Crippen molar-refractivity contribution in [2.75, 3.05) is 6.61 Å². The average Bonchev–Trinajstić information content (AvgIpc) is 3.10. The van der Waals surface area contributed by atoms with Crippen LogP contribution >= 0.6 is 0 Å². The third-order valence-corrected chi connectivity index (χ3v) is 3.56. The Morgan fingerprint density at radius 1 is 0.952 bits per heavy atom. The number of hydrogen-bond acceptors (Lipinski definition) is 1. The molecule has 0 aliphatic heterocycles. The fourth-order valence-corrected chi connectivity index (χ4v) is 2.28. The molecule has 1 aliphatic carbocycles. The first-order chi connectivity index (χ1) is 10.4. The zero-order chi connectivity index (χ0) is 14.9. The summed E-state index contributed by atoms with van der Waals surface area (Å²) in [6, 6.07) is 19.2. The fourth-order valence-electron chi connectivity index (χ4n) is 2.28. The van der Waals surface area contributed by atoms with E-state index in [2.05, 4.69) is 87.7 Å².